The summed E-state index contributed by atoms with van der Waals surface area (Å²) in [6.45, 7) is 7.95. The molecule has 2 aliphatic heterocycles. The second-order valence-electron chi connectivity index (χ2n) is 10.3. The Hall–Kier alpha value is -2.31. The van der Waals surface area contributed by atoms with Gasteiger partial charge in [0.05, 0.1) is 0 Å². The van der Waals surface area contributed by atoms with E-state index in [2.05, 4.69) is 43.0 Å². The lowest BCUT2D eigenvalue weighted by molar-refractivity contribution is -0.140. The summed E-state index contributed by atoms with van der Waals surface area (Å²) < 4.78 is 2.19. The molecule has 0 aromatic carbocycles. The number of nitrogens with zero attached hydrogens (tertiary/aromatic N) is 3. The number of nitrogens with one attached hydrogen (secondary N) is 1. The molecule has 1 spiro atoms. The number of hydrogen-bond donors (Lipinski definition) is 1. The predicted molar refractivity (Wildman–Crippen MR) is 118 cm³/mol. The van der Waals surface area contributed by atoms with E-state index >= 15 is 0 Å². The molecule has 1 aliphatic carbocycles. The molecule has 4 rings (SSSR count). The SMILES string of the molecule is CCC(C)(C)C1CCC2(CC1)NC(=O)N(CC(=O)N1CCC(n3cccc3)CC1)C2=O. The zero-order chi connectivity index (χ0) is 22.2. The van der Waals surface area contributed by atoms with E-state index in [1.165, 1.54) is 0 Å². The molecule has 0 atom stereocenters. The molecule has 7 nitrogen and oxygen atoms in total. The highest BCUT2D eigenvalue weighted by molar-refractivity contribution is 6.09. The summed E-state index contributed by atoms with van der Waals surface area (Å²) in [5.74, 6) is 0.221. The Morgan fingerprint density at radius 1 is 1.10 bits per heavy atom. The van der Waals surface area contributed by atoms with E-state index in [4.69, 9.17) is 0 Å². The maximum absolute atomic E-state index is 13.2. The van der Waals surface area contributed by atoms with Gasteiger partial charge in [-0.25, -0.2) is 4.79 Å². The van der Waals surface area contributed by atoms with Crippen LogP contribution < -0.4 is 5.32 Å². The van der Waals surface area contributed by atoms with Crippen molar-refractivity contribution < 1.29 is 14.4 Å². The summed E-state index contributed by atoms with van der Waals surface area (Å²) >= 11 is 0. The molecule has 31 heavy (non-hydrogen) atoms. The van der Waals surface area contributed by atoms with E-state index in [0.717, 1.165) is 37.0 Å². The number of rotatable bonds is 5. The zero-order valence-corrected chi connectivity index (χ0v) is 19.1. The largest absolute Gasteiger partial charge is 0.351 e. The topological polar surface area (TPSA) is 74.7 Å². The highest BCUT2D eigenvalue weighted by atomic mass is 16.2. The zero-order valence-electron chi connectivity index (χ0n) is 19.1. The van der Waals surface area contributed by atoms with Crippen molar-refractivity contribution >= 4 is 17.8 Å². The molecular weight excluding hydrogens is 392 g/mol. The summed E-state index contributed by atoms with van der Waals surface area (Å²) in [6.07, 6.45) is 10.2. The standard InChI is InChI=1S/C24H36N4O3/c1-4-23(2,3)18-7-11-24(12-8-18)21(30)28(22(31)25-24)17-20(29)27-15-9-19(10-16-27)26-13-5-6-14-26/h5-6,13-14,18-19H,4,7-12,15-17H2,1-3H3,(H,25,31). The van der Waals surface area contributed by atoms with Gasteiger partial charge >= 0.3 is 6.03 Å². The molecule has 0 unspecified atom stereocenters. The molecule has 4 amide bonds. The maximum atomic E-state index is 13.2. The number of amides is 4. The highest BCUT2D eigenvalue weighted by Crippen LogP contribution is 2.45. The van der Waals surface area contributed by atoms with Gasteiger partial charge in [0.15, 0.2) is 0 Å². The van der Waals surface area contributed by atoms with Crippen molar-refractivity contribution in [2.45, 2.75) is 77.3 Å². The van der Waals surface area contributed by atoms with Gasteiger partial charge in [-0.1, -0.05) is 27.2 Å². The first kappa shape index (κ1) is 21.9. The second-order valence-corrected chi connectivity index (χ2v) is 10.3. The molecule has 3 fully saturated rings. The van der Waals surface area contributed by atoms with E-state index in [1.54, 1.807) is 4.90 Å². The fourth-order valence-corrected chi connectivity index (χ4v) is 5.58. The van der Waals surface area contributed by atoms with Crippen LogP contribution in [0.25, 0.3) is 0 Å². The van der Waals surface area contributed by atoms with Crippen LogP contribution in [0.2, 0.25) is 0 Å². The fraction of sp³-hybridized carbons (Fsp3) is 0.708. The summed E-state index contributed by atoms with van der Waals surface area (Å²) in [6, 6.07) is 4.03. The normalized spacial score (nSPS) is 27.8. The van der Waals surface area contributed by atoms with Crippen LogP contribution in [-0.2, 0) is 9.59 Å². The number of carbonyl (C=O) groups is 3. The summed E-state index contributed by atoms with van der Waals surface area (Å²) in [5.41, 5.74) is -0.561. The number of likely N-dealkylation sites (tertiary alicyclic amines) is 1. The number of hydrogen-bond acceptors (Lipinski definition) is 3. The average Bonchev–Trinajstić information content (AvgIpc) is 3.38. The summed E-state index contributed by atoms with van der Waals surface area (Å²) in [4.78, 5) is 41.7. The first-order valence-electron chi connectivity index (χ1n) is 11.8. The van der Waals surface area contributed by atoms with Crippen molar-refractivity contribution in [1.29, 1.82) is 0 Å². The number of imide groups is 1. The van der Waals surface area contributed by atoms with Crippen molar-refractivity contribution in [3.05, 3.63) is 24.5 Å². The quantitative estimate of drug-likeness (QED) is 0.729. The average molecular weight is 429 g/mol. The van der Waals surface area contributed by atoms with E-state index in [0.29, 0.717) is 37.9 Å². The van der Waals surface area contributed by atoms with Crippen LogP contribution in [0.15, 0.2) is 24.5 Å². The third-order valence-corrected chi connectivity index (χ3v) is 8.26. The molecule has 170 valence electrons. The minimum Gasteiger partial charge on any atom is -0.351 e. The van der Waals surface area contributed by atoms with E-state index < -0.39 is 11.6 Å². The summed E-state index contributed by atoms with van der Waals surface area (Å²) in [5, 5.41) is 2.96. The van der Waals surface area contributed by atoms with Crippen molar-refractivity contribution in [2.75, 3.05) is 19.6 Å². The van der Waals surface area contributed by atoms with Gasteiger partial charge in [-0.2, -0.15) is 0 Å². The van der Waals surface area contributed by atoms with Crippen molar-refractivity contribution in [2.24, 2.45) is 11.3 Å². The van der Waals surface area contributed by atoms with Gasteiger partial charge in [-0.05, 0) is 62.0 Å². The number of piperidine rings is 1. The lowest BCUT2D eigenvalue weighted by atomic mass is 9.65. The van der Waals surface area contributed by atoms with E-state index in [-0.39, 0.29) is 23.8 Å². The van der Waals surface area contributed by atoms with E-state index in [1.807, 2.05) is 12.1 Å². The molecular formula is C24H36N4O3. The fourth-order valence-electron chi connectivity index (χ4n) is 5.58. The van der Waals surface area contributed by atoms with Crippen molar-refractivity contribution in [3.63, 3.8) is 0 Å². The molecule has 1 aromatic heterocycles. The lowest BCUT2D eigenvalue weighted by Gasteiger charge is -2.42. The molecule has 3 heterocycles. The monoisotopic (exact) mass is 428 g/mol. The minimum atomic E-state index is -0.806. The van der Waals surface area contributed by atoms with Crippen LogP contribution >= 0.6 is 0 Å². The molecule has 0 radical (unpaired) electrons. The minimum absolute atomic E-state index is 0.132. The Morgan fingerprint density at radius 3 is 2.29 bits per heavy atom. The number of urea groups is 1. The van der Waals surface area contributed by atoms with Gasteiger partial charge in [0.25, 0.3) is 5.91 Å². The van der Waals surface area contributed by atoms with Crippen LogP contribution in [0.4, 0.5) is 4.79 Å². The summed E-state index contributed by atoms with van der Waals surface area (Å²) in [7, 11) is 0. The van der Waals surface area contributed by atoms with Crippen LogP contribution in [0.3, 0.4) is 0 Å². The third kappa shape index (κ3) is 4.11. The van der Waals surface area contributed by atoms with Gasteiger partial charge in [0.2, 0.25) is 5.91 Å². The molecule has 1 aromatic rings. The highest BCUT2D eigenvalue weighted by Gasteiger charge is 2.54. The Bertz CT molecular complexity index is 816. The van der Waals surface area contributed by atoms with Crippen LogP contribution in [0.5, 0.6) is 0 Å². The van der Waals surface area contributed by atoms with Gasteiger partial charge < -0.3 is 14.8 Å². The number of aromatic nitrogens is 1. The smallest absolute Gasteiger partial charge is 0.325 e. The van der Waals surface area contributed by atoms with Gasteiger partial charge in [-0.3, -0.25) is 14.5 Å². The van der Waals surface area contributed by atoms with E-state index in [9.17, 15) is 14.4 Å². The Kier molecular flexibility index (Phi) is 5.88. The molecule has 2 saturated heterocycles. The van der Waals surface area contributed by atoms with Crippen molar-refractivity contribution in [3.8, 4) is 0 Å². The molecule has 0 bridgehead atoms. The van der Waals surface area contributed by atoms with Crippen LogP contribution in [0.1, 0.15) is 71.8 Å². The van der Waals surface area contributed by atoms with Crippen molar-refractivity contribution in [1.82, 2.24) is 19.7 Å². The number of carbonyl (C=O) groups excluding carboxylic acids is 3. The Morgan fingerprint density at radius 2 is 1.71 bits per heavy atom. The third-order valence-electron chi connectivity index (χ3n) is 8.26. The Labute approximate surface area is 185 Å². The van der Waals surface area contributed by atoms with Gasteiger partial charge in [-0.15, -0.1) is 0 Å². The second kappa shape index (κ2) is 8.32. The first-order valence-corrected chi connectivity index (χ1v) is 11.8. The molecule has 7 heteroatoms. The molecule has 3 aliphatic rings. The maximum Gasteiger partial charge on any atom is 0.325 e. The van der Waals surface area contributed by atoms with Gasteiger partial charge in [0, 0.05) is 31.5 Å². The molecule has 1 N–H and O–H groups in total. The Balaban J connectivity index is 1.33. The van der Waals surface area contributed by atoms with Crippen LogP contribution in [-0.4, -0.2) is 57.4 Å². The van der Waals surface area contributed by atoms with Gasteiger partial charge in [0.1, 0.15) is 12.1 Å². The first-order chi connectivity index (χ1) is 14.8. The van der Waals surface area contributed by atoms with Crippen LogP contribution in [0, 0.1) is 11.3 Å². The molecule has 1 saturated carbocycles. The lowest BCUT2D eigenvalue weighted by Crippen LogP contribution is -2.51. The predicted octanol–water partition coefficient (Wildman–Crippen LogP) is 3.57.